The first-order valence-electron chi connectivity index (χ1n) is 8.21. The standard InChI is InChI=1S/C20H17ClFN3O2/c1-12-9-16(7-8-17(12)22)24-20-23-13(2)10-19(25-20)27-11-18(26)14-3-5-15(21)6-4-14/h3-10H,11H2,1-2H3,(H,23,24,25). The third-order valence-corrected chi connectivity index (χ3v) is 4.01. The van der Waals surface area contributed by atoms with Gasteiger partial charge in [-0.2, -0.15) is 4.98 Å². The molecule has 0 amide bonds. The lowest BCUT2D eigenvalue weighted by atomic mass is 10.1. The van der Waals surface area contributed by atoms with Crippen LogP contribution < -0.4 is 10.1 Å². The van der Waals surface area contributed by atoms with E-state index in [0.29, 0.717) is 33.5 Å². The number of carbonyl (C=O) groups is 1. The van der Waals surface area contributed by atoms with Crippen molar-refractivity contribution in [1.29, 1.82) is 0 Å². The molecule has 0 spiro atoms. The number of nitrogens with zero attached hydrogens (tertiary/aromatic N) is 2. The van der Waals surface area contributed by atoms with E-state index >= 15 is 0 Å². The van der Waals surface area contributed by atoms with E-state index in [1.54, 1.807) is 56.3 Å². The molecule has 1 aromatic heterocycles. The van der Waals surface area contributed by atoms with Gasteiger partial charge < -0.3 is 10.1 Å². The number of aromatic nitrogens is 2. The maximum Gasteiger partial charge on any atom is 0.230 e. The maximum atomic E-state index is 13.4. The molecule has 7 heteroatoms. The molecule has 0 atom stereocenters. The summed E-state index contributed by atoms with van der Waals surface area (Å²) in [5, 5.41) is 3.57. The highest BCUT2D eigenvalue weighted by Crippen LogP contribution is 2.19. The van der Waals surface area contributed by atoms with Crippen LogP contribution in [0.25, 0.3) is 0 Å². The summed E-state index contributed by atoms with van der Waals surface area (Å²) in [7, 11) is 0. The Hall–Kier alpha value is -2.99. The summed E-state index contributed by atoms with van der Waals surface area (Å²) >= 11 is 5.82. The van der Waals surface area contributed by atoms with Crippen LogP contribution in [0, 0.1) is 19.7 Å². The molecule has 3 rings (SSSR count). The van der Waals surface area contributed by atoms with Crippen LogP contribution in [0.4, 0.5) is 16.0 Å². The molecule has 0 radical (unpaired) electrons. The molecule has 0 fully saturated rings. The van der Waals surface area contributed by atoms with Crippen LogP contribution in [-0.2, 0) is 0 Å². The summed E-state index contributed by atoms with van der Waals surface area (Å²) in [6, 6.07) is 12.8. The number of halogens is 2. The Balaban J connectivity index is 1.70. The third-order valence-electron chi connectivity index (χ3n) is 3.76. The molecular formula is C20H17ClFN3O2. The lowest BCUT2D eigenvalue weighted by molar-refractivity contribution is 0.0918. The van der Waals surface area contributed by atoms with Gasteiger partial charge in [0.05, 0.1) is 0 Å². The fourth-order valence-corrected chi connectivity index (χ4v) is 2.51. The molecule has 0 aliphatic carbocycles. The van der Waals surface area contributed by atoms with Gasteiger partial charge in [0.15, 0.2) is 12.4 Å². The number of aryl methyl sites for hydroxylation is 2. The second kappa shape index (κ2) is 8.14. The van der Waals surface area contributed by atoms with Crippen molar-refractivity contribution in [3.63, 3.8) is 0 Å². The van der Waals surface area contributed by atoms with E-state index in [9.17, 15) is 9.18 Å². The fraction of sp³-hybridized carbons (Fsp3) is 0.150. The molecule has 1 heterocycles. The van der Waals surface area contributed by atoms with Gasteiger partial charge in [-0.05, 0) is 61.9 Å². The monoisotopic (exact) mass is 385 g/mol. The third kappa shape index (κ3) is 5.01. The molecule has 0 bridgehead atoms. The summed E-state index contributed by atoms with van der Waals surface area (Å²) < 4.78 is 18.9. The van der Waals surface area contributed by atoms with Gasteiger partial charge in [0.1, 0.15) is 5.82 Å². The summed E-state index contributed by atoms with van der Waals surface area (Å²) in [6.07, 6.45) is 0. The number of ether oxygens (including phenoxy) is 1. The lowest BCUT2D eigenvalue weighted by Crippen LogP contribution is -2.13. The first kappa shape index (κ1) is 18.8. The normalized spacial score (nSPS) is 10.5. The zero-order chi connectivity index (χ0) is 19.4. The van der Waals surface area contributed by atoms with Crippen molar-refractivity contribution in [3.05, 3.63) is 76.2 Å². The van der Waals surface area contributed by atoms with Crippen LogP contribution in [-0.4, -0.2) is 22.4 Å². The van der Waals surface area contributed by atoms with Crippen LogP contribution in [0.15, 0.2) is 48.5 Å². The minimum Gasteiger partial charge on any atom is -0.469 e. The summed E-state index contributed by atoms with van der Waals surface area (Å²) in [6.45, 7) is 3.30. The van der Waals surface area contributed by atoms with E-state index in [1.807, 2.05) is 0 Å². The molecule has 0 unspecified atom stereocenters. The first-order valence-corrected chi connectivity index (χ1v) is 8.59. The van der Waals surface area contributed by atoms with Gasteiger partial charge in [0, 0.05) is 28.0 Å². The number of nitrogens with one attached hydrogen (secondary N) is 1. The van der Waals surface area contributed by atoms with Crippen molar-refractivity contribution >= 4 is 29.0 Å². The Morgan fingerprint density at radius 2 is 1.85 bits per heavy atom. The average molecular weight is 386 g/mol. The number of hydrogen-bond acceptors (Lipinski definition) is 5. The van der Waals surface area contributed by atoms with E-state index in [-0.39, 0.29) is 24.1 Å². The van der Waals surface area contributed by atoms with E-state index in [4.69, 9.17) is 16.3 Å². The Bertz CT molecular complexity index is 977. The Morgan fingerprint density at radius 3 is 2.56 bits per heavy atom. The number of hydrogen-bond donors (Lipinski definition) is 1. The SMILES string of the molecule is Cc1cc(OCC(=O)c2ccc(Cl)cc2)nc(Nc2ccc(F)c(C)c2)n1. The van der Waals surface area contributed by atoms with Crippen LogP contribution in [0.1, 0.15) is 21.6 Å². The number of benzene rings is 2. The number of rotatable bonds is 6. The first-order chi connectivity index (χ1) is 12.9. The summed E-state index contributed by atoms with van der Waals surface area (Å²) in [5.41, 5.74) is 2.34. The Labute approximate surface area is 161 Å². The topological polar surface area (TPSA) is 64.1 Å². The molecular weight excluding hydrogens is 369 g/mol. The maximum absolute atomic E-state index is 13.4. The number of ketones is 1. The molecule has 0 saturated heterocycles. The van der Waals surface area contributed by atoms with Gasteiger partial charge in [-0.1, -0.05) is 11.6 Å². The largest absolute Gasteiger partial charge is 0.469 e. The van der Waals surface area contributed by atoms with E-state index in [1.165, 1.54) is 6.07 Å². The van der Waals surface area contributed by atoms with Gasteiger partial charge in [0.2, 0.25) is 11.8 Å². The second-order valence-corrected chi connectivity index (χ2v) is 6.42. The Kier molecular flexibility index (Phi) is 5.66. The van der Waals surface area contributed by atoms with Crippen LogP contribution in [0.3, 0.4) is 0 Å². The molecule has 0 aliphatic heterocycles. The predicted molar refractivity (Wildman–Crippen MR) is 102 cm³/mol. The average Bonchev–Trinajstić information content (AvgIpc) is 2.63. The zero-order valence-electron chi connectivity index (χ0n) is 14.8. The smallest absolute Gasteiger partial charge is 0.230 e. The molecule has 27 heavy (non-hydrogen) atoms. The van der Waals surface area contributed by atoms with E-state index < -0.39 is 0 Å². The lowest BCUT2D eigenvalue weighted by Gasteiger charge is -2.10. The Morgan fingerprint density at radius 1 is 1.11 bits per heavy atom. The molecule has 138 valence electrons. The minimum absolute atomic E-state index is 0.160. The van der Waals surface area contributed by atoms with Crippen LogP contribution in [0.2, 0.25) is 5.02 Å². The van der Waals surface area contributed by atoms with E-state index in [0.717, 1.165) is 0 Å². The zero-order valence-corrected chi connectivity index (χ0v) is 15.5. The highest BCUT2D eigenvalue weighted by molar-refractivity contribution is 6.30. The number of Topliss-reactive ketones (excluding diaryl/α,β-unsaturated/α-hetero) is 1. The fourth-order valence-electron chi connectivity index (χ4n) is 2.38. The highest BCUT2D eigenvalue weighted by Gasteiger charge is 2.10. The van der Waals surface area contributed by atoms with Gasteiger partial charge in [0.25, 0.3) is 0 Å². The van der Waals surface area contributed by atoms with Crippen molar-refractivity contribution in [2.75, 3.05) is 11.9 Å². The summed E-state index contributed by atoms with van der Waals surface area (Å²) in [4.78, 5) is 20.7. The van der Waals surface area contributed by atoms with Crippen molar-refractivity contribution in [3.8, 4) is 5.88 Å². The van der Waals surface area contributed by atoms with E-state index in [2.05, 4.69) is 15.3 Å². The number of anilines is 2. The molecule has 2 aromatic carbocycles. The van der Waals surface area contributed by atoms with Gasteiger partial charge in [-0.25, -0.2) is 9.37 Å². The van der Waals surface area contributed by atoms with Crippen molar-refractivity contribution < 1.29 is 13.9 Å². The van der Waals surface area contributed by atoms with Gasteiger partial charge in [-0.15, -0.1) is 0 Å². The molecule has 0 aliphatic rings. The molecule has 3 aromatic rings. The number of carbonyl (C=O) groups excluding carboxylic acids is 1. The highest BCUT2D eigenvalue weighted by atomic mass is 35.5. The van der Waals surface area contributed by atoms with Gasteiger partial charge in [-0.3, -0.25) is 4.79 Å². The molecule has 5 nitrogen and oxygen atoms in total. The summed E-state index contributed by atoms with van der Waals surface area (Å²) in [5.74, 6) is 0.100. The van der Waals surface area contributed by atoms with Crippen molar-refractivity contribution in [1.82, 2.24) is 9.97 Å². The molecule has 1 N–H and O–H groups in total. The van der Waals surface area contributed by atoms with Gasteiger partial charge >= 0.3 is 0 Å². The van der Waals surface area contributed by atoms with Crippen molar-refractivity contribution in [2.24, 2.45) is 0 Å². The van der Waals surface area contributed by atoms with Crippen molar-refractivity contribution in [2.45, 2.75) is 13.8 Å². The minimum atomic E-state index is -0.282. The quantitative estimate of drug-likeness (QED) is 0.612. The van der Waals surface area contributed by atoms with Crippen LogP contribution in [0.5, 0.6) is 5.88 Å². The predicted octanol–water partition coefficient (Wildman–Crippen LogP) is 4.89. The molecule has 0 saturated carbocycles. The van der Waals surface area contributed by atoms with Crippen LogP contribution >= 0.6 is 11.6 Å². The second-order valence-electron chi connectivity index (χ2n) is 5.98.